The predicted molar refractivity (Wildman–Crippen MR) is 86.0 cm³/mol. The molecule has 1 aliphatic heterocycles. The molecule has 0 radical (unpaired) electrons. The molecule has 0 amide bonds. The van der Waals surface area contributed by atoms with Crippen LogP contribution in [0.15, 0.2) is 22.7 Å². The van der Waals surface area contributed by atoms with Gasteiger partial charge in [-0.1, -0.05) is 15.9 Å². The minimum atomic E-state index is 0.338. The van der Waals surface area contributed by atoms with Crippen molar-refractivity contribution in [1.29, 1.82) is 0 Å². The summed E-state index contributed by atoms with van der Waals surface area (Å²) in [6, 6.07) is 7.34. The Morgan fingerprint density at radius 2 is 1.95 bits per heavy atom. The van der Waals surface area contributed by atoms with Crippen molar-refractivity contribution < 1.29 is 5.11 Å². The summed E-state index contributed by atoms with van der Waals surface area (Å²) in [5.74, 6) is 0.495. The fraction of sp³-hybridized carbons (Fsp3) is 0.625. The fourth-order valence-corrected chi connectivity index (χ4v) is 3.31. The zero-order valence-electron chi connectivity index (χ0n) is 11.8. The van der Waals surface area contributed by atoms with E-state index in [0.717, 1.165) is 43.0 Å². The minimum Gasteiger partial charge on any atom is -0.396 e. The maximum absolute atomic E-state index is 9.26. The van der Waals surface area contributed by atoms with Gasteiger partial charge >= 0.3 is 0 Å². The van der Waals surface area contributed by atoms with E-state index in [1.807, 2.05) is 0 Å². The predicted octanol–water partition coefficient (Wildman–Crippen LogP) is 2.91. The van der Waals surface area contributed by atoms with E-state index in [0.29, 0.717) is 12.5 Å². The summed E-state index contributed by atoms with van der Waals surface area (Å²) in [4.78, 5) is 2.47. The van der Waals surface area contributed by atoms with Crippen LogP contribution in [0.1, 0.15) is 31.2 Å². The fourth-order valence-electron chi connectivity index (χ4n) is 2.90. The van der Waals surface area contributed by atoms with Gasteiger partial charge in [-0.15, -0.1) is 0 Å². The smallest absolute Gasteiger partial charge is 0.0460 e. The van der Waals surface area contributed by atoms with E-state index in [2.05, 4.69) is 44.3 Å². The summed E-state index contributed by atoms with van der Waals surface area (Å²) in [6.45, 7) is 3.41. The summed E-state index contributed by atoms with van der Waals surface area (Å²) in [5, 5.41) is 12.9. The third-order valence-electron chi connectivity index (χ3n) is 4.41. The Hall–Kier alpha value is -0.580. The zero-order chi connectivity index (χ0) is 13.9. The highest BCUT2D eigenvalue weighted by Gasteiger charge is 2.23. The first-order valence-corrected chi connectivity index (χ1v) is 8.43. The lowest BCUT2D eigenvalue weighted by atomic mass is 9.97. The van der Waals surface area contributed by atoms with Gasteiger partial charge in [-0.3, -0.25) is 0 Å². The second-order valence-corrected chi connectivity index (χ2v) is 6.96. The Morgan fingerprint density at radius 1 is 1.20 bits per heavy atom. The third kappa shape index (κ3) is 3.54. The van der Waals surface area contributed by atoms with Crippen LogP contribution in [0.2, 0.25) is 0 Å². The van der Waals surface area contributed by atoms with E-state index in [1.54, 1.807) is 0 Å². The molecule has 110 valence electrons. The van der Waals surface area contributed by atoms with Gasteiger partial charge in [0, 0.05) is 42.4 Å². The Labute approximate surface area is 129 Å². The van der Waals surface area contributed by atoms with Crippen molar-refractivity contribution in [2.75, 3.05) is 24.6 Å². The van der Waals surface area contributed by atoms with Crippen molar-refractivity contribution in [2.45, 2.75) is 38.3 Å². The molecule has 2 fully saturated rings. The SMILES string of the molecule is OCC1CCN(c2ccc(Br)cc2CNC2CC2)CC1. The van der Waals surface area contributed by atoms with Crippen LogP contribution in [0, 0.1) is 5.92 Å². The average Bonchev–Trinajstić information content (AvgIpc) is 3.30. The molecular weight excluding hydrogens is 316 g/mol. The lowest BCUT2D eigenvalue weighted by molar-refractivity contribution is 0.203. The molecule has 0 aromatic heterocycles. The molecule has 1 aliphatic carbocycles. The van der Waals surface area contributed by atoms with E-state index in [9.17, 15) is 5.11 Å². The largest absolute Gasteiger partial charge is 0.396 e. The van der Waals surface area contributed by atoms with Gasteiger partial charge in [0.05, 0.1) is 0 Å². The van der Waals surface area contributed by atoms with Gasteiger partial charge in [0.15, 0.2) is 0 Å². The summed E-state index contributed by atoms with van der Waals surface area (Å²) < 4.78 is 1.15. The maximum atomic E-state index is 9.26. The third-order valence-corrected chi connectivity index (χ3v) is 4.91. The van der Waals surface area contributed by atoms with Crippen LogP contribution in [0.25, 0.3) is 0 Å². The van der Waals surface area contributed by atoms with Crippen LogP contribution in [0.3, 0.4) is 0 Å². The average molecular weight is 339 g/mol. The molecule has 3 rings (SSSR count). The van der Waals surface area contributed by atoms with Crippen molar-refractivity contribution in [3.8, 4) is 0 Å². The standard InChI is InChI=1S/C16H23BrN2O/c17-14-1-4-16(13(9-14)10-18-15-2-3-15)19-7-5-12(11-20)6-8-19/h1,4,9,12,15,18,20H,2-3,5-8,10-11H2. The molecule has 4 heteroatoms. The molecule has 1 saturated carbocycles. The van der Waals surface area contributed by atoms with Gasteiger partial charge in [0.1, 0.15) is 0 Å². The minimum absolute atomic E-state index is 0.338. The second-order valence-electron chi connectivity index (χ2n) is 6.04. The molecule has 1 aromatic carbocycles. The van der Waals surface area contributed by atoms with E-state index in [1.165, 1.54) is 24.1 Å². The highest BCUT2D eigenvalue weighted by atomic mass is 79.9. The molecule has 2 aliphatic rings. The van der Waals surface area contributed by atoms with Crippen molar-refractivity contribution in [2.24, 2.45) is 5.92 Å². The molecule has 0 bridgehead atoms. The molecule has 1 aromatic rings. The monoisotopic (exact) mass is 338 g/mol. The first-order chi connectivity index (χ1) is 9.76. The number of nitrogens with one attached hydrogen (secondary N) is 1. The van der Waals surface area contributed by atoms with E-state index in [-0.39, 0.29) is 0 Å². The number of hydrogen-bond acceptors (Lipinski definition) is 3. The van der Waals surface area contributed by atoms with Crippen LogP contribution in [0.5, 0.6) is 0 Å². The van der Waals surface area contributed by atoms with Gasteiger partial charge in [-0.05, 0) is 55.4 Å². The van der Waals surface area contributed by atoms with Crippen LogP contribution >= 0.6 is 15.9 Å². The Bertz CT molecular complexity index is 454. The number of benzene rings is 1. The molecule has 2 N–H and O–H groups in total. The van der Waals surface area contributed by atoms with Crippen molar-refractivity contribution in [1.82, 2.24) is 5.32 Å². The van der Waals surface area contributed by atoms with Crippen LogP contribution in [-0.4, -0.2) is 30.8 Å². The molecule has 0 atom stereocenters. The van der Waals surface area contributed by atoms with E-state index in [4.69, 9.17) is 0 Å². The summed E-state index contributed by atoms with van der Waals surface area (Å²) in [6.07, 6.45) is 4.85. The number of halogens is 1. The first-order valence-electron chi connectivity index (χ1n) is 7.64. The number of rotatable bonds is 5. The lowest BCUT2D eigenvalue weighted by Crippen LogP contribution is -2.35. The molecule has 0 spiro atoms. The number of aliphatic hydroxyl groups is 1. The van der Waals surface area contributed by atoms with Crippen LogP contribution in [0.4, 0.5) is 5.69 Å². The number of aliphatic hydroxyl groups excluding tert-OH is 1. The van der Waals surface area contributed by atoms with E-state index < -0.39 is 0 Å². The highest BCUT2D eigenvalue weighted by molar-refractivity contribution is 9.10. The Morgan fingerprint density at radius 3 is 2.60 bits per heavy atom. The van der Waals surface area contributed by atoms with Crippen LogP contribution in [-0.2, 0) is 6.54 Å². The molecule has 20 heavy (non-hydrogen) atoms. The van der Waals surface area contributed by atoms with Gasteiger partial charge in [0.25, 0.3) is 0 Å². The van der Waals surface area contributed by atoms with Crippen LogP contribution < -0.4 is 10.2 Å². The zero-order valence-corrected chi connectivity index (χ0v) is 13.4. The first kappa shape index (κ1) is 14.4. The summed E-state index contributed by atoms with van der Waals surface area (Å²) in [5.41, 5.74) is 2.74. The topological polar surface area (TPSA) is 35.5 Å². The summed E-state index contributed by atoms with van der Waals surface area (Å²) in [7, 11) is 0. The molecule has 1 saturated heterocycles. The van der Waals surface area contributed by atoms with Crippen molar-refractivity contribution in [3.05, 3.63) is 28.2 Å². The number of nitrogens with zero attached hydrogens (tertiary/aromatic N) is 1. The van der Waals surface area contributed by atoms with Crippen molar-refractivity contribution >= 4 is 21.6 Å². The summed E-state index contributed by atoms with van der Waals surface area (Å²) >= 11 is 3.58. The lowest BCUT2D eigenvalue weighted by Gasteiger charge is -2.34. The molecular formula is C16H23BrN2O. The van der Waals surface area contributed by atoms with E-state index >= 15 is 0 Å². The number of anilines is 1. The molecule has 1 heterocycles. The molecule has 3 nitrogen and oxygen atoms in total. The highest BCUT2D eigenvalue weighted by Crippen LogP contribution is 2.29. The number of hydrogen-bond donors (Lipinski definition) is 2. The van der Waals surface area contributed by atoms with Gasteiger partial charge in [0.2, 0.25) is 0 Å². The van der Waals surface area contributed by atoms with Crippen molar-refractivity contribution in [3.63, 3.8) is 0 Å². The van der Waals surface area contributed by atoms with Gasteiger partial charge in [-0.2, -0.15) is 0 Å². The Balaban J connectivity index is 1.70. The van der Waals surface area contributed by atoms with Gasteiger partial charge < -0.3 is 15.3 Å². The van der Waals surface area contributed by atoms with Gasteiger partial charge in [-0.25, -0.2) is 0 Å². The quantitative estimate of drug-likeness (QED) is 0.866. The molecule has 0 unspecified atom stereocenters. The Kier molecular flexibility index (Phi) is 4.64. The normalized spacial score (nSPS) is 20.4. The maximum Gasteiger partial charge on any atom is 0.0460 e. The second kappa shape index (κ2) is 6.46. The number of piperidine rings is 1.